The van der Waals surface area contributed by atoms with E-state index < -0.39 is 5.97 Å². The molecule has 0 amide bonds. The molecule has 1 aliphatic heterocycles. The topological polar surface area (TPSA) is 80.0 Å². The molecule has 6 nitrogen and oxygen atoms in total. The van der Waals surface area contributed by atoms with E-state index in [4.69, 9.17) is 5.11 Å². The van der Waals surface area contributed by atoms with Crippen LogP contribution in [0.3, 0.4) is 0 Å². The Hall–Kier alpha value is -1.43. The van der Waals surface area contributed by atoms with Crippen molar-refractivity contribution in [1.29, 1.82) is 0 Å². The molecule has 0 spiro atoms. The highest BCUT2D eigenvalue weighted by Crippen LogP contribution is 2.20. The van der Waals surface area contributed by atoms with Gasteiger partial charge in [0, 0.05) is 6.04 Å². The lowest BCUT2D eigenvalue weighted by Crippen LogP contribution is -2.36. The Bertz CT molecular complexity index is 363. The van der Waals surface area contributed by atoms with E-state index in [1.165, 1.54) is 6.20 Å². The van der Waals surface area contributed by atoms with Crippen molar-refractivity contribution in [2.45, 2.75) is 31.8 Å². The van der Waals surface area contributed by atoms with Crippen molar-refractivity contribution < 1.29 is 9.90 Å². The molecule has 2 heterocycles. The molecule has 0 bridgehead atoms. The van der Waals surface area contributed by atoms with Crippen LogP contribution >= 0.6 is 0 Å². The first-order valence-corrected chi connectivity index (χ1v) is 5.05. The summed E-state index contributed by atoms with van der Waals surface area (Å²) in [6, 6.07) is 0.711. The van der Waals surface area contributed by atoms with Crippen molar-refractivity contribution in [2.24, 2.45) is 0 Å². The van der Waals surface area contributed by atoms with E-state index in [2.05, 4.69) is 22.6 Å². The molecule has 1 saturated heterocycles. The number of piperidine rings is 1. The summed E-state index contributed by atoms with van der Waals surface area (Å²) in [7, 11) is 0. The van der Waals surface area contributed by atoms with Gasteiger partial charge in [0.15, 0.2) is 5.69 Å². The zero-order valence-electron chi connectivity index (χ0n) is 8.55. The molecule has 2 rings (SSSR count). The SMILES string of the molecule is C[C@H]1C[C@@H](n2cc(C(=O)O)nn2)CCN1. The largest absolute Gasteiger partial charge is 0.476 e. The van der Waals surface area contributed by atoms with Gasteiger partial charge in [0.2, 0.25) is 0 Å². The van der Waals surface area contributed by atoms with E-state index in [0.29, 0.717) is 6.04 Å². The quantitative estimate of drug-likeness (QED) is 0.733. The number of aromatic carboxylic acids is 1. The number of carbonyl (C=O) groups is 1. The lowest BCUT2D eigenvalue weighted by atomic mass is 10.0. The van der Waals surface area contributed by atoms with Gasteiger partial charge in [-0.15, -0.1) is 5.10 Å². The van der Waals surface area contributed by atoms with E-state index in [-0.39, 0.29) is 11.7 Å². The second-order valence-electron chi connectivity index (χ2n) is 3.92. The monoisotopic (exact) mass is 210 g/mol. The zero-order valence-corrected chi connectivity index (χ0v) is 8.55. The van der Waals surface area contributed by atoms with Crippen molar-refractivity contribution in [3.8, 4) is 0 Å². The van der Waals surface area contributed by atoms with Gasteiger partial charge in [-0.1, -0.05) is 5.21 Å². The van der Waals surface area contributed by atoms with Crippen LogP contribution < -0.4 is 5.32 Å². The second kappa shape index (κ2) is 3.98. The minimum atomic E-state index is -1.02. The molecule has 0 unspecified atom stereocenters. The molecule has 15 heavy (non-hydrogen) atoms. The van der Waals surface area contributed by atoms with Gasteiger partial charge in [-0.2, -0.15) is 0 Å². The average molecular weight is 210 g/mol. The summed E-state index contributed by atoms with van der Waals surface area (Å²) in [6.07, 6.45) is 3.43. The van der Waals surface area contributed by atoms with Crippen molar-refractivity contribution in [1.82, 2.24) is 20.3 Å². The number of hydrogen-bond acceptors (Lipinski definition) is 4. The number of nitrogens with one attached hydrogen (secondary N) is 1. The van der Waals surface area contributed by atoms with Crippen LogP contribution in [-0.2, 0) is 0 Å². The predicted molar refractivity (Wildman–Crippen MR) is 52.7 cm³/mol. The van der Waals surface area contributed by atoms with Crippen molar-refractivity contribution in [2.75, 3.05) is 6.54 Å². The van der Waals surface area contributed by atoms with Crippen molar-refractivity contribution in [3.63, 3.8) is 0 Å². The predicted octanol–water partition coefficient (Wildman–Crippen LogP) is 0.289. The molecule has 2 atom stereocenters. The van der Waals surface area contributed by atoms with Crippen LogP contribution in [-0.4, -0.2) is 38.7 Å². The second-order valence-corrected chi connectivity index (χ2v) is 3.92. The van der Waals surface area contributed by atoms with Gasteiger partial charge in [-0.05, 0) is 26.3 Å². The van der Waals surface area contributed by atoms with Crippen LogP contribution in [0.15, 0.2) is 6.20 Å². The van der Waals surface area contributed by atoms with Gasteiger partial charge >= 0.3 is 5.97 Å². The standard InChI is InChI=1S/C9H14N4O2/c1-6-4-7(2-3-10-6)13-5-8(9(14)15)11-12-13/h5-7,10H,2-4H2,1H3,(H,14,15)/t6-,7-/m0/s1. The summed E-state index contributed by atoms with van der Waals surface area (Å²) < 4.78 is 1.67. The summed E-state index contributed by atoms with van der Waals surface area (Å²) in [5.41, 5.74) is 0.0150. The third kappa shape index (κ3) is 2.15. The number of aromatic nitrogens is 3. The van der Waals surface area contributed by atoms with Crippen LogP contribution in [0.1, 0.15) is 36.3 Å². The molecular formula is C9H14N4O2. The van der Waals surface area contributed by atoms with Gasteiger partial charge in [0.25, 0.3) is 0 Å². The minimum absolute atomic E-state index is 0.0150. The first kappa shape index (κ1) is 10.1. The van der Waals surface area contributed by atoms with Gasteiger partial charge in [-0.3, -0.25) is 0 Å². The highest BCUT2D eigenvalue weighted by atomic mass is 16.4. The lowest BCUT2D eigenvalue weighted by molar-refractivity contribution is 0.0690. The molecule has 2 N–H and O–H groups in total. The Kier molecular flexibility index (Phi) is 2.68. The van der Waals surface area contributed by atoms with Crippen LogP contribution in [0.4, 0.5) is 0 Å². The molecule has 0 radical (unpaired) electrons. The Morgan fingerprint density at radius 2 is 2.53 bits per heavy atom. The fraction of sp³-hybridized carbons (Fsp3) is 0.667. The third-order valence-electron chi connectivity index (χ3n) is 2.70. The molecule has 82 valence electrons. The number of rotatable bonds is 2. The minimum Gasteiger partial charge on any atom is -0.476 e. The summed E-state index contributed by atoms with van der Waals surface area (Å²) in [5.74, 6) is -1.02. The third-order valence-corrected chi connectivity index (χ3v) is 2.70. The van der Waals surface area contributed by atoms with E-state index >= 15 is 0 Å². The maximum absolute atomic E-state index is 10.6. The van der Waals surface area contributed by atoms with E-state index in [0.717, 1.165) is 19.4 Å². The molecule has 1 aromatic heterocycles. The normalized spacial score (nSPS) is 26.5. The molecule has 6 heteroatoms. The smallest absolute Gasteiger partial charge is 0.358 e. The number of hydrogen-bond donors (Lipinski definition) is 2. The summed E-state index contributed by atoms with van der Waals surface area (Å²) in [5, 5.41) is 19.5. The summed E-state index contributed by atoms with van der Waals surface area (Å²) in [6.45, 7) is 3.05. The fourth-order valence-electron chi connectivity index (χ4n) is 1.90. The van der Waals surface area contributed by atoms with Crippen LogP contribution in [0.2, 0.25) is 0 Å². The molecule has 0 saturated carbocycles. The molecule has 1 aromatic rings. The Morgan fingerprint density at radius 1 is 1.73 bits per heavy atom. The van der Waals surface area contributed by atoms with Gasteiger partial charge in [0.1, 0.15) is 0 Å². The van der Waals surface area contributed by atoms with Crippen molar-refractivity contribution in [3.05, 3.63) is 11.9 Å². The summed E-state index contributed by atoms with van der Waals surface area (Å²) >= 11 is 0. The number of carboxylic acids is 1. The molecule has 1 aliphatic rings. The highest BCUT2D eigenvalue weighted by molar-refractivity contribution is 5.84. The first-order chi connectivity index (χ1) is 7.16. The van der Waals surface area contributed by atoms with Crippen LogP contribution in [0, 0.1) is 0 Å². The van der Waals surface area contributed by atoms with Crippen LogP contribution in [0.25, 0.3) is 0 Å². The molecule has 0 aliphatic carbocycles. The molecule has 0 aromatic carbocycles. The van der Waals surface area contributed by atoms with E-state index in [9.17, 15) is 4.79 Å². The van der Waals surface area contributed by atoms with Gasteiger partial charge in [-0.25, -0.2) is 9.48 Å². The Labute approximate surface area is 87.3 Å². The highest BCUT2D eigenvalue weighted by Gasteiger charge is 2.21. The van der Waals surface area contributed by atoms with E-state index in [1.807, 2.05) is 0 Å². The van der Waals surface area contributed by atoms with Crippen molar-refractivity contribution >= 4 is 5.97 Å². The van der Waals surface area contributed by atoms with Gasteiger partial charge < -0.3 is 10.4 Å². The van der Waals surface area contributed by atoms with Crippen LogP contribution in [0.5, 0.6) is 0 Å². The maximum atomic E-state index is 10.6. The number of nitrogens with zero attached hydrogens (tertiary/aromatic N) is 3. The first-order valence-electron chi connectivity index (χ1n) is 5.05. The zero-order chi connectivity index (χ0) is 10.8. The lowest BCUT2D eigenvalue weighted by Gasteiger charge is -2.27. The Morgan fingerprint density at radius 3 is 3.13 bits per heavy atom. The molecular weight excluding hydrogens is 196 g/mol. The fourth-order valence-corrected chi connectivity index (χ4v) is 1.90. The molecule has 1 fully saturated rings. The van der Waals surface area contributed by atoms with E-state index in [1.54, 1.807) is 4.68 Å². The average Bonchev–Trinajstić information content (AvgIpc) is 2.66. The van der Waals surface area contributed by atoms with Gasteiger partial charge in [0.05, 0.1) is 12.2 Å². The Balaban J connectivity index is 2.11. The summed E-state index contributed by atoms with van der Waals surface area (Å²) in [4.78, 5) is 10.6. The number of carboxylic acid groups (broad SMARTS) is 1. The maximum Gasteiger partial charge on any atom is 0.358 e.